The van der Waals surface area contributed by atoms with E-state index in [0.29, 0.717) is 5.56 Å². The predicted molar refractivity (Wildman–Crippen MR) is 101 cm³/mol. The van der Waals surface area contributed by atoms with Crippen molar-refractivity contribution in [3.63, 3.8) is 0 Å². The highest BCUT2D eigenvalue weighted by atomic mass is 32.2. The number of rotatable bonds is 6. The van der Waals surface area contributed by atoms with Gasteiger partial charge in [-0.1, -0.05) is 29.8 Å². The van der Waals surface area contributed by atoms with Gasteiger partial charge in [-0.3, -0.25) is 20.4 Å². The number of carbonyl (C=O) groups is 2. The number of carbonyl (C=O) groups excluding carboxylic acids is 2. The molecule has 0 heterocycles. The summed E-state index contributed by atoms with van der Waals surface area (Å²) < 4.78 is 0. The lowest BCUT2D eigenvalue weighted by Gasteiger charge is -2.08. The van der Waals surface area contributed by atoms with Gasteiger partial charge in [0.15, 0.2) is 0 Å². The van der Waals surface area contributed by atoms with Crippen LogP contribution in [0.3, 0.4) is 0 Å². The topological polar surface area (TPSA) is 58.2 Å². The number of amides is 2. The van der Waals surface area contributed by atoms with Gasteiger partial charge in [-0.25, -0.2) is 0 Å². The molecule has 6 heteroatoms. The van der Waals surface area contributed by atoms with E-state index in [0.717, 1.165) is 16.2 Å². The van der Waals surface area contributed by atoms with E-state index in [9.17, 15) is 9.59 Å². The molecule has 0 fully saturated rings. The highest BCUT2D eigenvalue weighted by molar-refractivity contribution is 8.00. The average Bonchev–Trinajstić information content (AvgIpc) is 2.60. The van der Waals surface area contributed by atoms with E-state index in [1.54, 1.807) is 23.9 Å². The molecule has 0 unspecified atom stereocenters. The molecule has 2 aromatic carbocycles. The van der Waals surface area contributed by atoms with Gasteiger partial charge in [-0.2, -0.15) is 11.8 Å². The van der Waals surface area contributed by atoms with Crippen molar-refractivity contribution in [1.82, 2.24) is 10.9 Å². The van der Waals surface area contributed by atoms with Crippen molar-refractivity contribution < 1.29 is 9.59 Å². The molecule has 0 bridgehead atoms. The van der Waals surface area contributed by atoms with E-state index in [2.05, 4.69) is 10.9 Å². The zero-order valence-electron chi connectivity index (χ0n) is 13.7. The minimum Gasteiger partial charge on any atom is -0.272 e. The molecular weight excluding hydrogens is 340 g/mol. The fourth-order valence-electron chi connectivity index (χ4n) is 1.94. The molecule has 24 heavy (non-hydrogen) atoms. The summed E-state index contributed by atoms with van der Waals surface area (Å²) in [6.07, 6.45) is 2.03. The third-order valence-electron chi connectivity index (χ3n) is 3.23. The standard InChI is InChI=1S/C18H20N2O2S2/c1-13-3-9-16(10-4-13)24-12-17(21)19-20-18(22)15-7-5-14(6-8-15)11-23-2/h3-10H,11-12H2,1-2H3,(H,19,21)(H,20,22). The van der Waals surface area contributed by atoms with Gasteiger partial charge >= 0.3 is 0 Å². The molecule has 2 aromatic rings. The van der Waals surface area contributed by atoms with Gasteiger partial charge in [0.05, 0.1) is 5.75 Å². The first kappa shape index (κ1) is 18.4. The number of benzene rings is 2. The van der Waals surface area contributed by atoms with Crippen LogP contribution in [0.2, 0.25) is 0 Å². The summed E-state index contributed by atoms with van der Waals surface area (Å²) in [6, 6.07) is 15.3. The van der Waals surface area contributed by atoms with Gasteiger partial charge in [0.25, 0.3) is 5.91 Å². The maximum Gasteiger partial charge on any atom is 0.269 e. The first-order valence-electron chi connectivity index (χ1n) is 7.45. The van der Waals surface area contributed by atoms with Crippen molar-refractivity contribution in [1.29, 1.82) is 0 Å². The van der Waals surface area contributed by atoms with E-state index in [1.807, 2.05) is 49.6 Å². The summed E-state index contributed by atoms with van der Waals surface area (Å²) in [7, 11) is 0. The fourth-order valence-corrected chi connectivity index (χ4v) is 3.16. The molecule has 0 saturated carbocycles. The minimum absolute atomic E-state index is 0.243. The second-order valence-corrected chi connectivity index (χ2v) is 7.15. The number of hydrogen-bond acceptors (Lipinski definition) is 4. The number of hydrazine groups is 1. The Morgan fingerprint density at radius 1 is 0.958 bits per heavy atom. The zero-order valence-corrected chi connectivity index (χ0v) is 15.3. The lowest BCUT2D eigenvalue weighted by molar-refractivity contribution is -0.119. The van der Waals surface area contributed by atoms with E-state index in [4.69, 9.17) is 0 Å². The third-order valence-corrected chi connectivity index (χ3v) is 4.87. The van der Waals surface area contributed by atoms with Crippen LogP contribution in [0.15, 0.2) is 53.4 Å². The molecule has 2 rings (SSSR count). The smallest absolute Gasteiger partial charge is 0.269 e. The molecule has 0 aromatic heterocycles. The van der Waals surface area contributed by atoms with E-state index >= 15 is 0 Å². The van der Waals surface area contributed by atoms with Crippen molar-refractivity contribution in [2.24, 2.45) is 0 Å². The van der Waals surface area contributed by atoms with Crippen molar-refractivity contribution in [3.05, 3.63) is 65.2 Å². The Morgan fingerprint density at radius 2 is 1.62 bits per heavy atom. The number of aryl methyl sites for hydroxylation is 1. The lowest BCUT2D eigenvalue weighted by Crippen LogP contribution is -2.42. The minimum atomic E-state index is -0.320. The van der Waals surface area contributed by atoms with E-state index in [-0.39, 0.29) is 17.6 Å². The molecule has 0 aliphatic heterocycles. The Hall–Kier alpha value is -1.92. The summed E-state index contributed by atoms with van der Waals surface area (Å²) in [5.74, 6) is 0.595. The maximum absolute atomic E-state index is 12.0. The number of hydrogen-bond donors (Lipinski definition) is 2. The molecule has 4 nitrogen and oxygen atoms in total. The maximum atomic E-state index is 12.0. The van der Waals surface area contributed by atoms with Crippen molar-refractivity contribution in [3.8, 4) is 0 Å². The van der Waals surface area contributed by atoms with Crippen LogP contribution in [0, 0.1) is 6.92 Å². The quantitative estimate of drug-likeness (QED) is 0.612. The average molecular weight is 361 g/mol. The van der Waals surface area contributed by atoms with Crippen molar-refractivity contribution in [2.45, 2.75) is 17.6 Å². The van der Waals surface area contributed by atoms with Crippen LogP contribution in [0.5, 0.6) is 0 Å². The first-order chi connectivity index (χ1) is 11.6. The molecule has 2 amide bonds. The Morgan fingerprint density at radius 3 is 2.25 bits per heavy atom. The molecule has 0 atom stereocenters. The van der Waals surface area contributed by atoms with Crippen molar-refractivity contribution in [2.75, 3.05) is 12.0 Å². The van der Waals surface area contributed by atoms with Crippen LogP contribution in [-0.4, -0.2) is 23.8 Å². The summed E-state index contributed by atoms with van der Waals surface area (Å²) in [5, 5.41) is 0. The Labute approximate surface area is 150 Å². The number of nitrogens with one attached hydrogen (secondary N) is 2. The van der Waals surface area contributed by atoms with Crippen LogP contribution in [0.4, 0.5) is 0 Å². The fraction of sp³-hybridized carbons (Fsp3) is 0.222. The van der Waals surface area contributed by atoms with Crippen LogP contribution in [0.25, 0.3) is 0 Å². The van der Waals surface area contributed by atoms with Gasteiger partial charge in [0, 0.05) is 16.2 Å². The zero-order chi connectivity index (χ0) is 17.4. The van der Waals surface area contributed by atoms with Crippen LogP contribution < -0.4 is 10.9 Å². The highest BCUT2D eigenvalue weighted by Crippen LogP contribution is 2.17. The van der Waals surface area contributed by atoms with Gasteiger partial charge in [-0.15, -0.1) is 11.8 Å². The molecular formula is C18H20N2O2S2. The molecule has 0 radical (unpaired) electrons. The Kier molecular flexibility index (Phi) is 7.21. The monoisotopic (exact) mass is 360 g/mol. The second kappa shape index (κ2) is 9.39. The highest BCUT2D eigenvalue weighted by Gasteiger charge is 2.08. The second-order valence-electron chi connectivity index (χ2n) is 5.23. The molecule has 2 N–H and O–H groups in total. The molecule has 0 saturated heterocycles. The van der Waals surface area contributed by atoms with E-state index in [1.165, 1.54) is 17.3 Å². The summed E-state index contributed by atoms with van der Waals surface area (Å²) >= 11 is 3.15. The first-order valence-corrected chi connectivity index (χ1v) is 9.83. The van der Waals surface area contributed by atoms with Gasteiger partial charge in [-0.05, 0) is 43.0 Å². The Bertz CT molecular complexity index is 685. The largest absolute Gasteiger partial charge is 0.272 e. The van der Waals surface area contributed by atoms with Crippen molar-refractivity contribution >= 4 is 35.3 Å². The summed E-state index contributed by atoms with van der Waals surface area (Å²) in [5.41, 5.74) is 7.74. The Balaban J connectivity index is 1.76. The SMILES string of the molecule is CSCc1ccc(C(=O)NNC(=O)CSc2ccc(C)cc2)cc1. The summed E-state index contributed by atoms with van der Waals surface area (Å²) in [6.45, 7) is 2.02. The normalized spacial score (nSPS) is 10.2. The summed E-state index contributed by atoms with van der Waals surface area (Å²) in [4.78, 5) is 24.8. The van der Waals surface area contributed by atoms with Gasteiger partial charge in [0.1, 0.15) is 0 Å². The molecule has 126 valence electrons. The van der Waals surface area contributed by atoms with Gasteiger partial charge < -0.3 is 0 Å². The molecule has 0 aliphatic carbocycles. The predicted octanol–water partition coefficient (Wildman–Crippen LogP) is 3.41. The third kappa shape index (κ3) is 5.94. The van der Waals surface area contributed by atoms with Crippen LogP contribution >= 0.6 is 23.5 Å². The molecule has 0 aliphatic rings. The van der Waals surface area contributed by atoms with Crippen LogP contribution in [-0.2, 0) is 10.5 Å². The van der Waals surface area contributed by atoms with E-state index < -0.39 is 0 Å². The van der Waals surface area contributed by atoms with Gasteiger partial charge in [0.2, 0.25) is 5.91 Å². The number of thioether (sulfide) groups is 2. The lowest BCUT2D eigenvalue weighted by atomic mass is 10.1. The molecule has 0 spiro atoms. The van der Waals surface area contributed by atoms with Crippen LogP contribution in [0.1, 0.15) is 21.5 Å².